The molecular weight excluding hydrogens is 390 g/mol. The lowest BCUT2D eigenvalue weighted by Crippen LogP contribution is -2.44. The van der Waals surface area contributed by atoms with E-state index < -0.39 is 0 Å². The van der Waals surface area contributed by atoms with Gasteiger partial charge in [-0.05, 0) is 25.2 Å². The summed E-state index contributed by atoms with van der Waals surface area (Å²) in [7, 11) is 7.84. The Morgan fingerprint density at radius 2 is 1.90 bits per heavy atom. The Morgan fingerprint density at radius 1 is 1.13 bits per heavy atom. The molecule has 0 spiro atoms. The van der Waals surface area contributed by atoms with Crippen molar-refractivity contribution in [3.8, 4) is 18.2 Å². The standard InChI is InChI=1S/C23H27N7O/c1-6-16-13-21(31-5)26-22-18(16)15-24-23(27-22)25-17-7-8-19(20(14-17)28(2)3)30-11-9-29(4)10-12-30/h1,7-8,13-15H,9-12H2,2-5H3,(H,24,25,26,27). The topological polar surface area (TPSA) is 69.7 Å². The number of anilines is 4. The third kappa shape index (κ3) is 4.32. The molecule has 1 aromatic carbocycles. The normalized spacial score (nSPS) is 14.4. The Bertz CT molecular complexity index is 1130. The highest BCUT2D eigenvalue weighted by molar-refractivity contribution is 5.83. The SMILES string of the molecule is C#Cc1cc(OC)nc2nc(Nc3ccc(N4CCN(C)CC4)c(N(C)C)c3)ncc12. The summed E-state index contributed by atoms with van der Waals surface area (Å²) in [4.78, 5) is 20.3. The maximum absolute atomic E-state index is 5.61. The zero-order chi connectivity index (χ0) is 22.0. The van der Waals surface area contributed by atoms with E-state index in [9.17, 15) is 0 Å². The van der Waals surface area contributed by atoms with Gasteiger partial charge in [-0.3, -0.25) is 0 Å². The summed E-state index contributed by atoms with van der Waals surface area (Å²) in [5.41, 5.74) is 4.42. The van der Waals surface area contributed by atoms with Crippen molar-refractivity contribution in [1.29, 1.82) is 0 Å². The van der Waals surface area contributed by atoms with Gasteiger partial charge >= 0.3 is 0 Å². The molecule has 8 heteroatoms. The quantitative estimate of drug-likeness (QED) is 0.636. The summed E-state index contributed by atoms with van der Waals surface area (Å²) < 4.78 is 5.24. The Labute approximate surface area is 182 Å². The monoisotopic (exact) mass is 417 g/mol. The lowest BCUT2D eigenvalue weighted by Gasteiger charge is -2.36. The number of ether oxygens (including phenoxy) is 1. The van der Waals surface area contributed by atoms with Crippen LogP contribution in [-0.2, 0) is 0 Å². The van der Waals surface area contributed by atoms with Gasteiger partial charge in [-0.25, -0.2) is 4.98 Å². The Hall–Kier alpha value is -3.57. The summed E-state index contributed by atoms with van der Waals surface area (Å²) >= 11 is 0. The summed E-state index contributed by atoms with van der Waals surface area (Å²) in [6.07, 6.45) is 7.31. The van der Waals surface area contributed by atoms with E-state index in [0.717, 1.165) is 37.6 Å². The molecule has 0 aliphatic carbocycles. The number of nitrogens with one attached hydrogen (secondary N) is 1. The molecule has 1 fully saturated rings. The molecule has 1 N–H and O–H groups in total. The number of methoxy groups -OCH3 is 1. The number of likely N-dealkylation sites (N-methyl/N-ethyl adjacent to an activating group) is 1. The minimum Gasteiger partial charge on any atom is -0.481 e. The fourth-order valence-electron chi connectivity index (χ4n) is 3.67. The van der Waals surface area contributed by atoms with Crippen LogP contribution >= 0.6 is 0 Å². The molecule has 0 atom stereocenters. The highest BCUT2D eigenvalue weighted by atomic mass is 16.5. The first-order valence-electron chi connectivity index (χ1n) is 10.2. The Morgan fingerprint density at radius 3 is 2.58 bits per heavy atom. The molecule has 4 rings (SSSR count). The third-order valence-electron chi connectivity index (χ3n) is 5.46. The number of fused-ring (bicyclic) bond motifs is 1. The molecule has 1 aliphatic rings. The van der Waals surface area contributed by atoms with Gasteiger partial charge in [0.2, 0.25) is 11.8 Å². The van der Waals surface area contributed by atoms with Crippen LogP contribution in [0, 0.1) is 12.3 Å². The fourth-order valence-corrected chi connectivity index (χ4v) is 3.67. The molecule has 31 heavy (non-hydrogen) atoms. The first kappa shape index (κ1) is 20.7. The van der Waals surface area contributed by atoms with Gasteiger partial charge < -0.3 is 24.8 Å². The van der Waals surface area contributed by atoms with Gasteiger partial charge in [-0.2, -0.15) is 9.97 Å². The Balaban J connectivity index is 1.64. The predicted molar refractivity (Wildman–Crippen MR) is 126 cm³/mol. The van der Waals surface area contributed by atoms with Gasteiger partial charge in [0.05, 0.1) is 23.9 Å². The zero-order valence-electron chi connectivity index (χ0n) is 18.4. The maximum Gasteiger partial charge on any atom is 0.229 e. The number of hydrogen-bond donors (Lipinski definition) is 1. The molecule has 3 heterocycles. The van der Waals surface area contributed by atoms with E-state index in [-0.39, 0.29) is 0 Å². The average molecular weight is 418 g/mol. The summed E-state index contributed by atoms with van der Waals surface area (Å²) in [5, 5.41) is 4.01. The van der Waals surface area contributed by atoms with Crippen molar-refractivity contribution in [3.63, 3.8) is 0 Å². The van der Waals surface area contributed by atoms with Crippen LogP contribution < -0.4 is 19.9 Å². The maximum atomic E-state index is 5.61. The minimum atomic E-state index is 0.427. The number of benzene rings is 1. The van der Waals surface area contributed by atoms with Crippen molar-refractivity contribution in [2.75, 3.05) is 69.5 Å². The van der Waals surface area contributed by atoms with Crippen molar-refractivity contribution in [2.24, 2.45) is 0 Å². The molecule has 2 aromatic heterocycles. The van der Waals surface area contributed by atoms with Crippen LogP contribution in [0.4, 0.5) is 23.0 Å². The highest BCUT2D eigenvalue weighted by Crippen LogP contribution is 2.33. The van der Waals surface area contributed by atoms with Crippen LogP contribution in [0.2, 0.25) is 0 Å². The number of terminal acetylenes is 1. The van der Waals surface area contributed by atoms with Crippen molar-refractivity contribution < 1.29 is 4.74 Å². The zero-order valence-corrected chi connectivity index (χ0v) is 18.4. The largest absolute Gasteiger partial charge is 0.481 e. The summed E-state index contributed by atoms with van der Waals surface area (Å²) in [6, 6.07) is 8.04. The number of rotatable bonds is 5. The molecule has 0 radical (unpaired) electrons. The molecule has 0 bridgehead atoms. The first-order valence-corrected chi connectivity index (χ1v) is 10.2. The molecule has 160 valence electrons. The van der Waals surface area contributed by atoms with Gasteiger partial charge in [0, 0.05) is 63.8 Å². The number of nitrogens with zero attached hydrogens (tertiary/aromatic N) is 6. The predicted octanol–water partition coefficient (Wildman–Crippen LogP) is 2.58. The number of aromatic nitrogens is 3. The Kier molecular flexibility index (Phi) is 5.78. The van der Waals surface area contributed by atoms with E-state index in [4.69, 9.17) is 11.2 Å². The molecule has 3 aromatic rings. The average Bonchev–Trinajstić information content (AvgIpc) is 2.78. The molecule has 0 amide bonds. The second-order valence-electron chi connectivity index (χ2n) is 7.80. The highest BCUT2D eigenvalue weighted by Gasteiger charge is 2.18. The first-order chi connectivity index (χ1) is 15.0. The van der Waals surface area contributed by atoms with Crippen LogP contribution in [-0.4, -0.2) is 74.3 Å². The van der Waals surface area contributed by atoms with E-state index in [0.29, 0.717) is 28.4 Å². The van der Waals surface area contributed by atoms with Crippen molar-refractivity contribution >= 4 is 34.0 Å². The van der Waals surface area contributed by atoms with Gasteiger partial charge in [0.1, 0.15) is 0 Å². The molecule has 1 saturated heterocycles. The molecule has 1 aliphatic heterocycles. The van der Waals surface area contributed by atoms with Gasteiger partial charge in [-0.15, -0.1) is 6.42 Å². The van der Waals surface area contributed by atoms with Crippen LogP contribution in [0.1, 0.15) is 5.56 Å². The third-order valence-corrected chi connectivity index (χ3v) is 5.46. The van der Waals surface area contributed by atoms with E-state index in [1.165, 1.54) is 5.69 Å². The number of hydrogen-bond acceptors (Lipinski definition) is 8. The lowest BCUT2D eigenvalue weighted by molar-refractivity contribution is 0.313. The van der Waals surface area contributed by atoms with Crippen LogP contribution in [0.3, 0.4) is 0 Å². The second-order valence-corrected chi connectivity index (χ2v) is 7.80. The summed E-state index contributed by atoms with van der Waals surface area (Å²) in [5.74, 6) is 3.52. The van der Waals surface area contributed by atoms with Crippen molar-refractivity contribution in [1.82, 2.24) is 19.9 Å². The molecule has 0 unspecified atom stereocenters. The summed E-state index contributed by atoms with van der Waals surface area (Å²) in [6.45, 7) is 4.16. The van der Waals surface area contributed by atoms with Crippen molar-refractivity contribution in [2.45, 2.75) is 0 Å². The van der Waals surface area contributed by atoms with E-state index in [2.05, 4.69) is 80.2 Å². The van der Waals surface area contributed by atoms with Gasteiger partial charge in [0.15, 0.2) is 5.65 Å². The fraction of sp³-hybridized carbons (Fsp3) is 0.348. The number of pyridine rings is 1. The van der Waals surface area contributed by atoms with E-state index in [1.807, 2.05) is 0 Å². The molecule has 8 nitrogen and oxygen atoms in total. The smallest absolute Gasteiger partial charge is 0.229 e. The van der Waals surface area contributed by atoms with Gasteiger partial charge in [-0.1, -0.05) is 5.92 Å². The lowest BCUT2D eigenvalue weighted by atomic mass is 10.2. The molecule has 0 saturated carbocycles. The van der Waals surface area contributed by atoms with E-state index >= 15 is 0 Å². The molecular formula is C23H27N7O. The van der Waals surface area contributed by atoms with Crippen molar-refractivity contribution in [3.05, 3.63) is 36.0 Å². The van der Waals surface area contributed by atoms with E-state index in [1.54, 1.807) is 19.4 Å². The van der Waals surface area contributed by atoms with Crippen LogP contribution in [0.5, 0.6) is 5.88 Å². The van der Waals surface area contributed by atoms with Gasteiger partial charge in [0.25, 0.3) is 0 Å². The van der Waals surface area contributed by atoms with Crippen LogP contribution in [0.25, 0.3) is 11.0 Å². The number of piperazine rings is 1. The van der Waals surface area contributed by atoms with Crippen LogP contribution in [0.15, 0.2) is 30.5 Å². The minimum absolute atomic E-state index is 0.427. The second kappa shape index (κ2) is 8.66.